The van der Waals surface area contributed by atoms with Gasteiger partial charge in [-0.1, -0.05) is 11.6 Å². The van der Waals surface area contributed by atoms with Crippen LogP contribution in [-0.4, -0.2) is 70.9 Å². The van der Waals surface area contributed by atoms with Gasteiger partial charge in [0.05, 0.1) is 23.9 Å². The molecule has 2 saturated heterocycles. The molecule has 1 aromatic heterocycles. The Hall–Kier alpha value is -1.11. The molecule has 24 heavy (non-hydrogen) atoms. The van der Waals surface area contributed by atoms with Gasteiger partial charge in [-0.2, -0.15) is 5.10 Å². The lowest BCUT2D eigenvalue weighted by Gasteiger charge is -2.40. The second kappa shape index (κ2) is 7.42. The van der Waals surface area contributed by atoms with Gasteiger partial charge in [0, 0.05) is 39.3 Å². The summed E-state index contributed by atoms with van der Waals surface area (Å²) in [5.41, 5.74) is 1.21. The van der Waals surface area contributed by atoms with E-state index in [9.17, 15) is 4.79 Å². The Morgan fingerprint density at radius 3 is 2.42 bits per heavy atom. The molecule has 1 atom stereocenters. The summed E-state index contributed by atoms with van der Waals surface area (Å²) in [6.45, 7) is 9.45. The van der Waals surface area contributed by atoms with Crippen LogP contribution in [0.2, 0.25) is 5.02 Å². The molecule has 7 heteroatoms. The Morgan fingerprint density at radius 1 is 1.25 bits per heavy atom. The molecule has 0 N–H and O–H groups in total. The van der Waals surface area contributed by atoms with Crippen LogP contribution in [0.3, 0.4) is 0 Å². The Bertz CT molecular complexity index is 590. The number of hydrogen-bond acceptors (Lipinski definition) is 4. The summed E-state index contributed by atoms with van der Waals surface area (Å²) in [6, 6.07) is 0.548. The monoisotopic (exact) mass is 354 g/mol. The number of rotatable bonds is 3. The van der Waals surface area contributed by atoms with E-state index in [1.54, 1.807) is 4.68 Å². The lowest BCUT2D eigenvalue weighted by atomic mass is 9.89. The van der Waals surface area contributed by atoms with Gasteiger partial charge in [-0.15, -0.1) is 0 Å². The minimum Gasteiger partial charge on any atom is -0.379 e. The van der Waals surface area contributed by atoms with Gasteiger partial charge in [0.15, 0.2) is 5.69 Å². The third-order valence-electron chi connectivity index (χ3n) is 5.59. The first-order valence-corrected chi connectivity index (χ1v) is 9.17. The minimum atomic E-state index is -0.0406. The van der Waals surface area contributed by atoms with Crippen molar-refractivity contribution in [1.29, 1.82) is 0 Å². The molecule has 3 heterocycles. The highest BCUT2D eigenvalue weighted by Crippen LogP contribution is 2.27. The van der Waals surface area contributed by atoms with Gasteiger partial charge in [0.25, 0.3) is 5.91 Å². The summed E-state index contributed by atoms with van der Waals surface area (Å²) in [4.78, 5) is 17.1. The number of halogens is 1. The molecule has 1 aromatic rings. The Morgan fingerprint density at radius 2 is 1.88 bits per heavy atom. The Labute approximate surface area is 148 Å². The minimum absolute atomic E-state index is 0.0406. The highest BCUT2D eigenvalue weighted by molar-refractivity contribution is 6.34. The standard InChI is InChI=1S/C17H27ClN4O2/c1-12(21-8-10-24-11-9-21)14-4-6-22(7-5-14)17(23)16-15(18)13(2)20(3)19-16/h12,14H,4-11H2,1-3H3/t12-/m0/s1. The number of aromatic nitrogens is 2. The van der Waals surface area contributed by atoms with Gasteiger partial charge in [0.2, 0.25) is 0 Å². The molecule has 0 bridgehead atoms. The van der Waals surface area contributed by atoms with Crippen LogP contribution in [0, 0.1) is 12.8 Å². The van der Waals surface area contributed by atoms with Crippen molar-refractivity contribution < 1.29 is 9.53 Å². The van der Waals surface area contributed by atoms with E-state index in [4.69, 9.17) is 16.3 Å². The molecule has 134 valence electrons. The zero-order valence-electron chi connectivity index (χ0n) is 14.8. The zero-order valence-corrected chi connectivity index (χ0v) is 15.6. The summed E-state index contributed by atoms with van der Waals surface area (Å²) < 4.78 is 7.11. The van der Waals surface area contributed by atoms with Gasteiger partial charge in [-0.3, -0.25) is 14.4 Å². The molecular weight excluding hydrogens is 328 g/mol. The molecule has 3 rings (SSSR count). The fraction of sp³-hybridized carbons (Fsp3) is 0.765. The van der Waals surface area contributed by atoms with E-state index in [-0.39, 0.29) is 5.91 Å². The first kappa shape index (κ1) is 17.7. The van der Waals surface area contributed by atoms with Crippen LogP contribution in [0.1, 0.15) is 35.9 Å². The topological polar surface area (TPSA) is 50.6 Å². The van der Waals surface area contributed by atoms with E-state index >= 15 is 0 Å². The van der Waals surface area contributed by atoms with E-state index in [1.807, 2.05) is 18.9 Å². The summed E-state index contributed by atoms with van der Waals surface area (Å²) in [5, 5.41) is 4.76. The van der Waals surface area contributed by atoms with E-state index < -0.39 is 0 Å². The fourth-order valence-electron chi connectivity index (χ4n) is 3.74. The molecule has 2 aliphatic rings. The normalized spacial score (nSPS) is 21.9. The average Bonchev–Trinajstić information content (AvgIpc) is 2.89. The van der Waals surface area contributed by atoms with Crippen molar-refractivity contribution in [2.45, 2.75) is 32.7 Å². The molecule has 1 amide bonds. The van der Waals surface area contributed by atoms with Crippen molar-refractivity contribution in [3.8, 4) is 0 Å². The summed E-state index contributed by atoms with van der Waals surface area (Å²) in [5.74, 6) is 0.592. The molecule has 0 unspecified atom stereocenters. The van der Waals surface area contributed by atoms with Crippen molar-refractivity contribution in [2.75, 3.05) is 39.4 Å². The first-order chi connectivity index (χ1) is 11.5. The van der Waals surface area contributed by atoms with E-state index in [2.05, 4.69) is 16.9 Å². The maximum Gasteiger partial charge on any atom is 0.275 e. The number of amides is 1. The zero-order chi connectivity index (χ0) is 17.3. The van der Waals surface area contributed by atoms with E-state index in [0.717, 1.165) is 57.9 Å². The fourth-order valence-corrected chi connectivity index (χ4v) is 3.98. The predicted molar refractivity (Wildman–Crippen MR) is 93.4 cm³/mol. The van der Waals surface area contributed by atoms with E-state index in [0.29, 0.717) is 22.7 Å². The van der Waals surface area contributed by atoms with Crippen LogP contribution in [0.5, 0.6) is 0 Å². The van der Waals surface area contributed by atoms with Crippen LogP contribution >= 0.6 is 11.6 Å². The van der Waals surface area contributed by atoms with Gasteiger partial charge >= 0.3 is 0 Å². The van der Waals surface area contributed by atoms with Crippen molar-refractivity contribution in [1.82, 2.24) is 19.6 Å². The summed E-state index contributed by atoms with van der Waals surface area (Å²) in [7, 11) is 1.81. The Kier molecular flexibility index (Phi) is 5.47. The SMILES string of the molecule is Cc1c(Cl)c(C(=O)N2CCC([C@H](C)N3CCOCC3)CC2)nn1C. The van der Waals surface area contributed by atoms with Crippen molar-refractivity contribution >= 4 is 17.5 Å². The molecular formula is C17H27ClN4O2. The molecule has 0 saturated carbocycles. The van der Waals surface area contributed by atoms with Crippen LogP contribution in [0.15, 0.2) is 0 Å². The number of aryl methyl sites for hydroxylation is 1. The van der Waals surface area contributed by atoms with Gasteiger partial charge < -0.3 is 9.64 Å². The van der Waals surface area contributed by atoms with Crippen molar-refractivity contribution in [3.63, 3.8) is 0 Å². The first-order valence-electron chi connectivity index (χ1n) is 8.79. The molecule has 0 aliphatic carbocycles. The third-order valence-corrected chi connectivity index (χ3v) is 6.05. The predicted octanol–water partition coefficient (Wildman–Crippen LogP) is 1.95. The Balaban J connectivity index is 1.58. The molecule has 2 aliphatic heterocycles. The summed E-state index contributed by atoms with van der Waals surface area (Å²) >= 11 is 6.26. The number of ether oxygens (including phenoxy) is 1. The number of hydrogen-bond donors (Lipinski definition) is 0. The molecule has 0 radical (unpaired) electrons. The largest absolute Gasteiger partial charge is 0.379 e. The van der Waals surface area contributed by atoms with Crippen molar-refractivity contribution in [3.05, 3.63) is 16.4 Å². The van der Waals surface area contributed by atoms with Crippen molar-refractivity contribution in [2.24, 2.45) is 13.0 Å². The lowest BCUT2D eigenvalue weighted by molar-refractivity contribution is -0.000989. The molecule has 0 spiro atoms. The smallest absolute Gasteiger partial charge is 0.275 e. The third kappa shape index (κ3) is 3.46. The summed E-state index contributed by atoms with van der Waals surface area (Å²) in [6.07, 6.45) is 2.07. The second-order valence-corrected chi connectivity index (χ2v) is 7.27. The highest BCUT2D eigenvalue weighted by atomic mass is 35.5. The van der Waals surface area contributed by atoms with Crippen LogP contribution in [0.4, 0.5) is 0 Å². The number of morpholine rings is 1. The van der Waals surface area contributed by atoms with Gasteiger partial charge in [0.1, 0.15) is 0 Å². The molecule has 2 fully saturated rings. The average molecular weight is 355 g/mol. The maximum atomic E-state index is 12.7. The van der Waals surface area contributed by atoms with Gasteiger partial charge in [-0.05, 0) is 32.6 Å². The van der Waals surface area contributed by atoms with Crippen LogP contribution < -0.4 is 0 Å². The molecule has 6 nitrogen and oxygen atoms in total. The lowest BCUT2D eigenvalue weighted by Crippen LogP contribution is -2.49. The van der Waals surface area contributed by atoms with Gasteiger partial charge in [-0.25, -0.2) is 0 Å². The number of nitrogens with zero attached hydrogens (tertiary/aromatic N) is 4. The van der Waals surface area contributed by atoms with Crippen LogP contribution in [0.25, 0.3) is 0 Å². The maximum absolute atomic E-state index is 12.7. The van der Waals surface area contributed by atoms with E-state index in [1.165, 1.54) is 0 Å². The van der Waals surface area contributed by atoms with Crippen LogP contribution in [-0.2, 0) is 11.8 Å². The quantitative estimate of drug-likeness (QED) is 0.832. The number of piperidine rings is 1. The highest BCUT2D eigenvalue weighted by Gasteiger charge is 2.32. The number of carbonyl (C=O) groups excluding carboxylic acids is 1. The number of carbonyl (C=O) groups is 1. The second-order valence-electron chi connectivity index (χ2n) is 6.89. The number of likely N-dealkylation sites (tertiary alicyclic amines) is 1. The molecule has 0 aromatic carbocycles.